The molecule has 1 aliphatic rings. The Kier molecular flexibility index (Phi) is 5.32. The van der Waals surface area contributed by atoms with Crippen molar-refractivity contribution in [2.45, 2.75) is 6.92 Å². The minimum atomic E-state index is -0.0831. The van der Waals surface area contributed by atoms with Crippen LogP contribution in [-0.4, -0.2) is 56.7 Å². The molecule has 1 saturated heterocycles. The van der Waals surface area contributed by atoms with E-state index in [-0.39, 0.29) is 6.03 Å². The van der Waals surface area contributed by atoms with Crippen molar-refractivity contribution >= 4 is 6.03 Å². The van der Waals surface area contributed by atoms with Gasteiger partial charge >= 0.3 is 6.03 Å². The zero-order chi connectivity index (χ0) is 10.2. The van der Waals surface area contributed by atoms with Crippen LogP contribution in [0.4, 0.5) is 4.79 Å². The van der Waals surface area contributed by atoms with Crippen LogP contribution in [0.2, 0.25) is 0 Å². The molecule has 0 aliphatic carbocycles. The van der Waals surface area contributed by atoms with E-state index in [1.807, 2.05) is 6.92 Å². The van der Waals surface area contributed by atoms with Crippen molar-refractivity contribution in [3.63, 3.8) is 0 Å². The molecule has 0 aromatic rings. The van der Waals surface area contributed by atoms with Crippen molar-refractivity contribution in [2.75, 3.05) is 45.8 Å². The molecule has 1 rings (SSSR count). The highest BCUT2D eigenvalue weighted by Crippen LogP contribution is 1.99. The molecule has 5 nitrogen and oxygen atoms in total. The Bertz CT molecular complexity index is 170. The summed E-state index contributed by atoms with van der Waals surface area (Å²) >= 11 is 0. The Balaban J connectivity index is 1.76. The predicted octanol–water partition coefficient (Wildman–Crippen LogP) is -0.789. The lowest BCUT2D eigenvalue weighted by Crippen LogP contribution is -2.39. The fourth-order valence-electron chi connectivity index (χ4n) is 1.14. The van der Waals surface area contributed by atoms with Gasteiger partial charge in [-0.2, -0.15) is 0 Å². The van der Waals surface area contributed by atoms with E-state index in [1.54, 1.807) is 0 Å². The molecule has 1 aliphatic heterocycles. The van der Waals surface area contributed by atoms with E-state index in [0.717, 1.165) is 19.6 Å². The minimum absolute atomic E-state index is 0.0831. The SMILES string of the molecule is CCNC(=O)NCCNCCN1CC1. The number of nitrogens with zero attached hydrogens (tertiary/aromatic N) is 1. The second-order valence-electron chi connectivity index (χ2n) is 3.38. The molecule has 1 heterocycles. The van der Waals surface area contributed by atoms with Crippen LogP contribution >= 0.6 is 0 Å². The number of carbonyl (C=O) groups is 1. The first-order valence-corrected chi connectivity index (χ1v) is 5.27. The number of urea groups is 1. The maximum absolute atomic E-state index is 10.9. The van der Waals surface area contributed by atoms with Crippen molar-refractivity contribution in [3.8, 4) is 0 Å². The van der Waals surface area contributed by atoms with Gasteiger partial charge in [0.1, 0.15) is 0 Å². The van der Waals surface area contributed by atoms with E-state index >= 15 is 0 Å². The van der Waals surface area contributed by atoms with Gasteiger partial charge in [0.25, 0.3) is 0 Å². The third kappa shape index (κ3) is 5.77. The molecule has 0 aromatic heterocycles. The molecule has 14 heavy (non-hydrogen) atoms. The largest absolute Gasteiger partial charge is 0.338 e. The quantitative estimate of drug-likeness (QED) is 0.373. The van der Waals surface area contributed by atoms with Gasteiger partial charge in [-0.05, 0) is 6.92 Å². The maximum Gasteiger partial charge on any atom is 0.314 e. The summed E-state index contributed by atoms with van der Waals surface area (Å²) < 4.78 is 0. The molecular weight excluding hydrogens is 180 g/mol. The Morgan fingerprint density at radius 2 is 2.00 bits per heavy atom. The lowest BCUT2D eigenvalue weighted by Gasteiger charge is -2.07. The van der Waals surface area contributed by atoms with Crippen molar-refractivity contribution < 1.29 is 4.79 Å². The average molecular weight is 200 g/mol. The standard InChI is InChI=1S/C9H20N4O/c1-2-11-9(14)12-4-3-10-5-6-13-7-8-13/h10H,2-8H2,1H3,(H2,11,12,14). The average Bonchev–Trinajstić information content (AvgIpc) is 2.95. The van der Waals surface area contributed by atoms with Crippen LogP contribution < -0.4 is 16.0 Å². The van der Waals surface area contributed by atoms with Crippen LogP contribution in [0.5, 0.6) is 0 Å². The molecule has 1 fully saturated rings. The van der Waals surface area contributed by atoms with Gasteiger partial charge in [0, 0.05) is 45.8 Å². The van der Waals surface area contributed by atoms with Crippen LogP contribution in [0.1, 0.15) is 6.92 Å². The molecule has 82 valence electrons. The summed E-state index contributed by atoms with van der Waals surface area (Å²) in [6, 6.07) is -0.0831. The number of hydrogen-bond acceptors (Lipinski definition) is 3. The number of amides is 2. The predicted molar refractivity (Wildman–Crippen MR) is 56.4 cm³/mol. The fraction of sp³-hybridized carbons (Fsp3) is 0.889. The fourth-order valence-corrected chi connectivity index (χ4v) is 1.14. The molecule has 0 saturated carbocycles. The lowest BCUT2D eigenvalue weighted by molar-refractivity contribution is 0.241. The molecule has 0 aromatic carbocycles. The maximum atomic E-state index is 10.9. The van der Waals surface area contributed by atoms with Crippen LogP contribution in [0, 0.1) is 0 Å². The first kappa shape index (κ1) is 11.3. The van der Waals surface area contributed by atoms with Crippen LogP contribution in [0.25, 0.3) is 0 Å². The molecule has 0 spiro atoms. The molecule has 0 bridgehead atoms. The molecule has 0 atom stereocenters. The smallest absolute Gasteiger partial charge is 0.314 e. The third-order valence-corrected chi connectivity index (χ3v) is 2.07. The first-order chi connectivity index (χ1) is 6.83. The normalized spacial score (nSPS) is 15.2. The van der Waals surface area contributed by atoms with Gasteiger partial charge < -0.3 is 16.0 Å². The van der Waals surface area contributed by atoms with Gasteiger partial charge in [0.2, 0.25) is 0 Å². The van der Waals surface area contributed by atoms with E-state index in [1.165, 1.54) is 13.1 Å². The van der Waals surface area contributed by atoms with E-state index in [0.29, 0.717) is 13.1 Å². The third-order valence-electron chi connectivity index (χ3n) is 2.07. The Labute approximate surface area is 85.2 Å². The van der Waals surface area contributed by atoms with Gasteiger partial charge in [-0.25, -0.2) is 4.79 Å². The van der Waals surface area contributed by atoms with Crippen molar-refractivity contribution in [1.82, 2.24) is 20.9 Å². The highest BCUT2D eigenvalue weighted by atomic mass is 16.2. The Hall–Kier alpha value is -0.810. The van der Waals surface area contributed by atoms with Crippen molar-refractivity contribution in [3.05, 3.63) is 0 Å². The van der Waals surface area contributed by atoms with Crippen LogP contribution in [-0.2, 0) is 0 Å². The zero-order valence-corrected chi connectivity index (χ0v) is 8.81. The summed E-state index contributed by atoms with van der Waals surface area (Å²) in [5, 5.41) is 8.71. The summed E-state index contributed by atoms with van der Waals surface area (Å²) in [4.78, 5) is 13.3. The number of hydrogen-bond donors (Lipinski definition) is 3. The van der Waals surface area contributed by atoms with E-state index in [9.17, 15) is 4.79 Å². The number of rotatable bonds is 7. The second-order valence-corrected chi connectivity index (χ2v) is 3.38. The van der Waals surface area contributed by atoms with Crippen molar-refractivity contribution in [1.29, 1.82) is 0 Å². The van der Waals surface area contributed by atoms with E-state index < -0.39 is 0 Å². The van der Waals surface area contributed by atoms with Crippen LogP contribution in [0.15, 0.2) is 0 Å². The second kappa shape index (κ2) is 6.62. The zero-order valence-electron chi connectivity index (χ0n) is 8.81. The van der Waals surface area contributed by atoms with Crippen LogP contribution in [0.3, 0.4) is 0 Å². The Morgan fingerprint density at radius 3 is 2.64 bits per heavy atom. The molecule has 5 heteroatoms. The summed E-state index contributed by atoms with van der Waals surface area (Å²) in [6.07, 6.45) is 0. The summed E-state index contributed by atoms with van der Waals surface area (Å²) in [5.74, 6) is 0. The summed E-state index contributed by atoms with van der Waals surface area (Å²) in [6.45, 7) is 8.74. The molecule has 3 N–H and O–H groups in total. The summed E-state index contributed by atoms with van der Waals surface area (Å²) in [7, 11) is 0. The number of carbonyl (C=O) groups excluding carboxylic acids is 1. The van der Waals surface area contributed by atoms with Gasteiger partial charge in [0.15, 0.2) is 0 Å². The lowest BCUT2D eigenvalue weighted by atomic mass is 10.5. The van der Waals surface area contributed by atoms with Gasteiger partial charge in [0.05, 0.1) is 0 Å². The molecular formula is C9H20N4O. The summed E-state index contributed by atoms with van der Waals surface area (Å²) in [5.41, 5.74) is 0. The number of nitrogens with one attached hydrogen (secondary N) is 3. The van der Waals surface area contributed by atoms with Gasteiger partial charge in [-0.15, -0.1) is 0 Å². The van der Waals surface area contributed by atoms with E-state index in [4.69, 9.17) is 0 Å². The first-order valence-electron chi connectivity index (χ1n) is 5.27. The van der Waals surface area contributed by atoms with Gasteiger partial charge in [-0.1, -0.05) is 0 Å². The molecule has 0 radical (unpaired) electrons. The van der Waals surface area contributed by atoms with Crippen molar-refractivity contribution in [2.24, 2.45) is 0 Å². The Morgan fingerprint density at radius 1 is 1.21 bits per heavy atom. The molecule has 0 unspecified atom stereocenters. The topological polar surface area (TPSA) is 56.2 Å². The van der Waals surface area contributed by atoms with E-state index in [2.05, 4.69) is 20.9 Å². The highest BCUT2D eigenvalue weighted by Gasteiger charge is 2.14. The molecule has 2 amide bonds. The minimum Gasteiger partial charge on any atom is -0.338 e. The highest BCUT2D eigenvalue weighted by molar-refractivity contribution is 5.73. The monoisotopic (exact) mass is 200 g/mol. The van der Waals surface area contributed by atoms with Gasteiger partial charge in [-0.3, -0.25) is 4.90 Å².